The number of primary sulfonamides is 1. The second-order valence-electron chi connectivity index (χ2n) is 5.32. The number of nitrogens with one attached hydrogen (secondary N) is 1. The maximum absolute atomic E-state index is 14.0. The molecule has 0 spiro atoms. The summed E-state index contributed by atoms with van der Waals surface area (Å²) in [6, 6.07) is 2.93. The topological polar surface area (TPSA) is 102 Å². The molecule has 1 aromatic carbocycles. The van der Waals surface area contributed by atoms with Crippen molar-refractivity contribution in [2.24, 2.45) is 5.14 Å². The molecule has 1 aliphatic rings. The van der Waals surface area contributed by atoms with Gasteiger partial charge in [-0.25, -0.2) is 17.9 Å². The number of benzene rings is 1. The highest BCUT2D eigenvalue weighted by Crippen LogP contribution is 2.28. The van der Waals surface area contributed by atoms with E-state index in [0.29, 0.717) is 5.69 Å². The molecule has 23 heavy (non-hydrogen) atoms. The molecular formula is C15H14FN3O3S. The van der Waals surface area contributed by atoms with Gasteiger partial charge in [0.05, 0.1) is 22.3 Å². The molecule has 0 radical (unpaired) electrons. The molecule has 6 nitrogen and oxygen atoms in total. The van der Waals surface area contributed by atoms with Gasteiger partial charge in [0.15, 0.2) is 0 Å². The molecule has 0 saturated carbocycles. The predicted molar refractivity (Wildman–Crippen MR) is 82.0 cm³/mol. The molecular weight excluding hydrogens is 321 g/mol. The fraction of sp³-hybridized carbons (Fsp3) is 0.200. The van der Waals surface area contributed by atoms with Crippen molar-refractivity contribution in [2.45, 2.75) is 24.2 Å². The summed E-state index contributed by atoms with van der Waals surface area (Å²) in [4.78, 5) is 15.9. The minimum atomic E-state index is -4.02. The molecule has 0 fully saturated rings. The SMILES string of the molecule is NS(=O)(=O)c1ccc(C(=O)Nc2cncc3c2CCC3)c(F)c1. The number of hydrogen-bond acceptors (Lipinski definition) is 4. The van der Waals surface area contributed by atoms with Crippen LogP contribution in [-0.2, 0) is 22.9 Å². The maximum Gasteiger partial charge on any atom is 0.258 e. The molecule has 0 saturated heterocycles. The third-order valence-electron chi connectivity index (χ3n) is 3.78. The van der Waals surface area contributed by atoms with Crippen LogP contribution in [-0.4, -0.2) is 19.3 Å². The van der Waals surface area contributed by atoms with Crippen molar-refractivity contribution < 1.29 is 17.6 Å². The van der Waals surface area contributed by atoms with Crippen LogP contribution in [0, 0.1) is 5.82 Å². The van der Waals surface area contributed by atoms with Gasteiger partial charge in [-0.2, -0.15) is 0 Å². The number of sulfonamides is 1. The fourth-order valence-electron chi connectivity index (χ4n) is 2.65. The highest BCUT2D eigenvalue weighted by atomic mass is 32.2. The Labute approximate surface area is 132 Å². The zero-order valence-corrected chi connectivity index (χ0v) is 12.9. The van der Waals surface area contributed by atoms with Gasteiger partial charge in [-0.15, -0.1) is 0 Å². The maximum atomic E-state index is 14.0. The van der Waals surface area contributed by atoms with Crippen LogP contribution in [0.3, 0.4) is 0 Å². The number of fused-ring (bicyclic) bond motifs is 1. The zero-order chi connectivity index (χ0) is 16.6. The number of aryl methyl sites for hydroxylation is 1. The number of aromatic nitrogens is 1. The molecule has 2 aromatic rings. The Morgan fingerprint density at radius 2 is 2.04 bits per heavy atom. The van der Waals surface area contributed by atoms with E-state index in [-0.39, 0.29) is 10.5 Å². The molecule has 0 unspecified atom stereocenters. The summed E-state index contributed by atoms with van der Waals surface area (Å²) in [5, 5.41) is 7.57. The van der Waals surface area contributed by atoms with Crippen molar-refractivity contribution in [3.8, 4) is 0 Å². The molecule has 3 rings (SSSR count). The summed E-state index contributed by atoms with van der Waals surface area (Å²) in [6.45, 7) is 0. The Morgan fingerprint density at radius 1 is 1.26 bits per heavy atom. The van der Waals surface area contributed by atoms with E-state index in [1.165, 1.54) is 6.20 Å². The number of anilines is 1. The lowest BCUT2D eigenvalue weighted by Gasteiger charge is -2.10. The molecule has 3 N–H and O–H groups in total. The Bertz CT molecular complexity index is 897. The second kappa shape index (κ2) is 5.71. The van der Waals surface area contributed by atoms with Gasteiger partial charge >= 0.3 is 0 Å². The van der Waals surface area contributed by atoms with Crippen LogP contribution in [0.25, 0.3) is 0 Å². The number of rotatable bonds is 3. The first-order chi connectivity index (χ1) is 10.9. The summed E-state index contributed by atoms with van der Waals surface area (Å²) < 4.78 is 36.4. The van der Waals surface area contributed by atoms with Crippen molar-refractivity contribution in [1.82, 2.24) is 4.98 Å². The smallest absolute Gasteiger partial charge is 0.258 e. The van der Waals surface area contributed by atoms with Crippen LogP contribution < -0.4 is 10.5 Å². The van der Waals surface area contributed by atoms with E-state index in [9.17, 15) is 17.6 Å². The first-order valence-electron chi connectivity index (χ1n) is 6.96. The fourth-order valence-corrected chi connectivity index (χ4v) is 3.18. The van der Waals surface area contributed by atoms with Gasteiger partial charge in [0.1, 0.15) is 5.82 Å². The molecule has 1 amide bonds. The third kappa shape index (κ3) is 3.08. The van der Waals surface area contributed by atoms with Crippen molar-refractivity contribution >= 4 is 21.6 Å². The van der Waals surface area contributed by atoms with Crippen LogP contribution in [0.1, 0.15) is 27.9 Å². The highest BCUT2D eigenvalue weighted by Gasteiger charge is 2.20. The first-order valence-corrected chi connectivity index (χ1v) is 8.50. The van der Waals surface area contributed by atoms with E-state index in [1.807, 2.05) is 0 Å². The Kier molecular flexibility index (Phi) is 3.87. The lowest BCUT2D eigenvalue weighted by atomic mass is 10.1. The number of nitrogens with zero attached hydrogens (tertiary/aromatic N) is 1. The number of halogens is 1. The summed E-state index contributed by atoms with van der Waals surface area (Å²) in [5.74, 6) is -1.61. The number of carbonyl (C=O) groups is 1. The van der Waals surface area contributed by atoms with Crippen molar-refractivity contribution in [2.75, 3.05) is 5.32 Å². The average Bonchev–Trinajstić information content (AvgIpc) is 2.95. The standard InChI is InChI=1S/C15H14FN3O3S/c16-13-6-10(23(17,21)22)4-5-12(13)15(20)19-14-8-18-7-9-2-1-3-11(9)14/h4-8H,1-3H2,(H,19,20)(H2,17,21,22). The van der Waals surface area contributed by atoms with Crippen LogP contribution in [0.5, 0.6) is 0 Å². The van der Waals surface area contributed by atoms with E-state index in [1.54, 1.807) is 6.20 Å². The number of nitrogens with two attached hydrogens (primary N) is 1. The predicted octanol–water partition coefficient (Wildman–Crippen LogP) is 1.61. The Balaban J connectivity index is 1.89. The minimum absolute atomic E-state index is 0.256. The monoisotopic (exact) mass is 335 g/mol. The molecule has 120 valence electrons. The number of amides is 1. The average molecular weight is 335 g/mol. The molecule has 1 aromatic heterocycles. The van der Waals surface area contributed by atoms with Crippen LogP contribution in [0.15, 0.2) is 35.5 Å². The molecule has 1 heterocycles. The van der Waals surface area contributed by atoms with Crippen molar-refractivity contribution in [1.29, 1.82) is 0 Å². The van der Waals surface area contributed by atoms with Gasteiger partial charge in [0.25, 0.3) is 5.91 Å². The minimum Gasteiger partial charge on any atom is -0.320 e. The van der Waals surface area contributed by atoms with Gasteiger partial charge in [0, 0.05) is 6.20 Å². The summed E-state index contributed by atoms with van der Waals surface area (Å²) >= 11 is 0. The number of hydrogen-bond donors (Lipinski definition) is 2. The third-order valence-corrected chi connectivity index (χ3v) is 4.69. The van der Waals surface area contributed by atoms with Gasteiger partial charge in [-0.3, -0.25) is 9.78 Å². The molecule has 0 bridgehead atoms. The Hall–Kier alpha value is -2.32. The van der Waals surface area contributed by atoms with Gasteiger partial charge in [-0.05, 0) is 48.6 Å². The van der Waals surface area contributed by atoms with E-state index in [0.717, 1.165) is 48.6 Å². The van der Waals surface area contributed by atoms with Gasteiger partial charge in [0.2, 0.25) is 10.0 Å². The van der Waals surface area contributed by atoms with E-state index in [2.05, 4.69) is 10.3 Å². The summed E-state index contributed by atoms with van der Waals surface area (Å²) in [7, 11) is -4.02. The van der Waals surface area contributed by atoms with E-state index in [4.69, 9.17) is 5.14 Å². The molecule has 1 aliphatic carbocycles. The Morgan fingerprint density at radius 3 is 2.74 bits per heavy atom. The van der Waals surface area contributed by atoms with Gasteiger partial charge < -0.3 is 5.32 Å². The normalized spacial score (nSPS) is 13.7. The first kappa shape index (κ1) is 15.6. The van der Waals surface area contributed by atoms with Crippen molar-refractivity contribution in [3.63, 3.8) is 0 Å². The zero-order valence-electron chi connectivity index (χ0n) is 12.0. The summed E-state index contributed by atoms with van der Waals surface area (Å²) in [6.07, 6.45) is 6.02. The van der Waals surface area contributed by atoms with E-state index >= 15 is 0 Å². The molecule has 8 heteroatoms. The van der Waals surface area contributed by atoms with Crippen LogP contribution in [0.2, 0.25) is 0 Å². The van der Waals surface area contributed by atoms with Gasteiger partial charge in [-0.1, -0.05) is 0 Å². The largest absolute Gasteiger partial charge is 0.320 e. The number of pyridine rings is 1. The van der Waals surface area contributed by atoms with Crippen LogP contribution in [0.4, 0.5) is 10.1 Å². The number of carbonyl (C=O) groups excluding carboxylic acids is 1. The molecule has 0 aliphatic heterocycles. The quantitative estimate of drug-likeness (QED) is 0.889. The van der Waals surface area contributed by atoms with E-state index < -0.39 is 21.7 Å². The summed E-state index contributed by atoms with van der Waals surface area (Å²) in [5.41, 5.74) is 2.38. The lowest BCUT2D eigenvalue weighted by molar-refractivity contribution is 0.102. The highest BCUT2D eigenvalue weighted by molar-refractivity contribution is 7.89. The van der Waals surface area contributed by atoms with Crippen LogP contribution >= 0.6 is 0 Å². The lowest BCUT2D eigenvalue weighted by Crippen LogP contribution is -2.17. The second-order valence-corrected chi connectivity index (χ2v) is 6.88. The molecule has 0 atom stereocenters. The van der Waals surface area contributed by atoms with Crippen molar-refractivity contribution in [3.05, 3.63) is 53.1 Å².